The summed E-state index contributed by atoms with van der Waals surface area (Å²) >= 11 is 0. The number of rotatable bonds is 4. The van der Waals surface area contributed by atoms with Gasteiger partial charge in [0, 0.05) is 24.8 Å². The summed E-state index contributed by atoms with van der Waals surface area (Å²) in [6.45, 7) is 2.02. The number of pyridine rings is 1. The summed E-state index contributed by atoms with van der Waals surface area (Å²) in [5.74, 6) is 0.887. The molecule has 3 fully saturated rings. The Bertz CT molecular complexity index is 556. The van der Waals surface area contributed by atoms with E-state index >= 15 is 0 Å². The lowest BCUT2D eigenvalue weighted by Crippen LogP contribution is -2.27. The molecular weight excluding hydrogens is 252 g/mol. The van der Waals surface area contributed by atoms with Crippen molar-refractivity contribution in [3.8, 4) is 0 Å². The van der Waals surface area contributed by atoms with E-state index in [0.717, 1.165) is 37.3 Å². The van der Waals surface area contributed by atoms with Crippen LogP contribution in [-0.4, -0.2) is 29.1 Å². The number of carboxylic acid groups (broad SMARTS) is 1. The fraction of sp³-hybridized carbons (Fsp3) is 0.625. The van der Waals surface area contributed by atoms with E-state index in [0.29, 0.717) is 5.92 Å². The lowest BCUT2D eigenvalue weighted by Gasteiger charge is -2.23. The van der Waals surface area contributed by atoms with Crippen molar-refractivity contribution in [2.45, 2.75) is 49.9 Å². The topological polar surface area (TPSA) is 53.4 Å². The molecule has 20 heavy (non-hydrogen) atoms. The van der Waals surface area contributed by atoms with Crippen LogP contribution in [0.1, 0.15) is 55.6 Å². The number of aliphatic carboxylic acids is 1. The minimum Gasteiger partial charge on any atom is -0.481 e. The number of nitrogens with zero attached hydrogens (tertiary/aromatic N) is 2. The maximum Gasteiger partial charge on any atom is 0.314 e. The van der Waals surface area contributed by atoms with Gasteiger partial charge in [0.15, 0.2) is 0 Å². The van der Waals surface area contributed by atoms with E-state index in [2.05, 4.69) is 16.0 Å². The zero-order valence-electron chi connectivity index (χ0n) is 11.6. The van der Waals surface area contributed by atoms with Crippen LogP contribution in [0.3, 0.4) is 0 Å². The highest BCUT2D eigenvalue weighted by atomic mass is 16.4. The predicted molar refractivity (Wildman–Crippen MR) is 76.2 cm³/mol. The molecule has 0 radical (unpaired) electrons. The Labute approximate surface area is 118 Å². The Morgan fingerprint density at radius 3 is 2.55 bits per heavy atom. The van der Waals surface area contributed by atoms with Crippen molar-refractivity contribution < 1.29 is 9.90 Å². The van der Waals surface area contributed by atoms with Gasteiger partial charge in [0.2, 0.25) is 0 Å². The molecule has 1 N–H and O–H groups in total. The van der Waals surface area contributed by atoms with E-state index in [1.54, 1.807) is 0 Å². The van der Waals surface area contributed by atoms with Crippen molar-refractivity contribution in [2.75, 3.05) is 18.0 Å². The van der Waals surface area contributed by atoms with Crippen molar-refractivity contribution in [1.82, 2.24) is 4.98 Å². The zero-order valence-corrected chi connectivity index (χ0v) is 11.6. The quantitative estimate of drug-likeness (QED) is 0.915. The molecule has 1 aliphatic heterocycles. The van der Waals surface area contributed by atoms with Gasteiger partial charge in [-0.15, -0.1) is 0 Å². The van der Waals surface area contributed by atoms with Gasteiger partial charge in [-0.25, -0.2) is 4.98 Å². The van der Waals surface area contributed by atoms with Crippen LogP contribution in [0.25, 0.3) is 0 Å². The van der Waals surface area contributed by atoms with E-state index in [-0.39, 0.29) is 0 Å². The molecule has 4 rings (SSSR count). The Balaban J connectivity index is 1.79. The molecule has 0 atom stereocenters. The maximum absolute atomic E-state index is 11.7. The molecule has 106 valence electrons. The highest BCUT2D eigenvalue weighted by Crippen LogP contribution is 2.52. The summed E-state index contributed by atoms with van der Waals surface area (Å²) in [4.78, 5) is 18.6. The highest BCUT2D eigenvalue weighted by Gasteiger charge is 2.54. The van der Waals surface area contributed by atoms with E-state index in [1.165, 1.54) is 31.2 Å². The van der Waals surface area contributed by atoms with E-state index in [1.807, 2.05) is 6.20 Å². The number of hydrogen-bond acceptors (Lipinski definition) is 3. The van der Waals surface area contributed by atoms with Crippen LogP contribution >= 0.6 is 0 Å². The maximum atomic E-state index is 11.7. The molecular formula is C16H20N2O2. The summed E-state index contributed by atoms with van der Waals surface area (Å²) in [6, 6.07) is 2.15. The molecule has 4 heteroatoms. The molecule has 3 aliphatic rings. The third-order valence-corrected chi connectivity index (χ3v) is 5.02. The molecule has 1 saturated heterocycles. The van der Waals surface area contributed by atoms with Crippen LogP contribution in [0.4, 0.5) is 5.82 Å². The lowest BCUT2D eigenvalue weighted by molar-refractivity contribution is -0.140. The van der Waals surface area contributed by atoms with Crippen LogP contribution in [-0.2, 0) is 10.2 Å². The molecule has 0 unspecified atom stereocenters. The largest absolute Gasteiger partial charge is 0.481 e. The Morgan fingerprint density at radius 2 is 2.00 bits per heavy atom. The van der Waals surface area contributed by atoms with Gasteiger partial charge in [0.1, 0.15) is 5.82 Å². The first kappa shape index (κ1) is 12.2. The van der Waals surface area contributed by atoms with Gasteiger partial charge < -0.3 is 10.0 Å². The first-order chi connectivity index (χ1) is 9.71. The van der Waals surface area contributed by atoms with Crippen molar-refractivity contribution in [1.29, 1.82) is 0 Å². The first-order valence-electron chi connectivity index (χ1n) is 7.69. The van der Waals surface area contributed by atoms with Gasteiger partial charge >= 0.3 is 5.97 Å². The monoisotopic (exact) mass is 272 g/mol. The van der Waals surface area contributed by atoms with Gasteiger partial charge in [-0.2, -0.15) is 0 Å². The lowest BCUT2D eigenvalue weighted by atomic mass is 9.94. The number of anilines is 1. The van der Waals surface area contributed by atoms with Gasteiger partial charge in [-0.05, 0) is 56.1 Å². The summed E-state index contributed by atoms with van der Waals surface area (Å²) in [6.07, 6.45) is 8.33. The van der Waals surface area contributed by atoms with Crippen molar-refractivity contribution in [3.05, 3.63) is 23.4 Å². The van der Waals surface area contributed by atoms with Crippen LogP contribution in [0.5, 0.6) is 0 Å². The summed E-state index contributed by atoms with van der Waals surface area (Å²) in [5, 5.41) is 9.62. The highest BCUT2D eigenvalue weighted by molar-refractivity contribution is 5.87. The third-order valence-electron chi connectivity index (χ3n) is 5.02. The van der Waals surface area contributed by atoms with Gasteiger partial charge in [-0.1, -0.05) is 0 Å². The number of hydrogen-bond donors (Lipinski definition) is 1. The fourth-order valence-corrected chi connectivity index (χ4v) is 3.37. The molecule has 1 aromatic rings. The average Bonchev–Trinajstić information content (AvgIpc) is 3.37. The normalized spacial score (nSPS) is 23.9. The Morgan fingerprint density at radius 1 is 1.30 bits per heavy atom. The SMILES string of the molecule is O=C(O)C1(c2cc(C3CC3)cnc2N2CCCC2)CC1. The smallest absolute Gasteiger partial charge is 0.314 e. The van der Waals surface area contributed by atoms with Crippen LogP contribution in [0, 0.1) is 0 Å². The zero-order chi connectivity index (χ0) is 13.7. The minimum atomic E-state index is -0.673. The second-order valence-electron chi connectivity index (χ2n) is 6.50. The number of aromatic nitrogens is 1. The Hall–Kier alpha value is -1.58. The van der Waals surface area contributed by atoms with E-state index in [4.69, 9.17) is 0 Å². The van der Waals surface area contributed by atoms with Crippen molar-refractivity contribution in [2.24, 2.45) is 0 Å². The summed E-state index contributed by atoms with van der Waals surface area (Å²) < 4.78 is 0. The van der Waals surface area contributed by atoms with Crippen LogP contribution in [0.15, 0.2) is 12.3 Å². The molecule has 0 amide bonds. The third kappa shape index (κ3) is 1.81. The fourth-order valence-electron chi connectivity index (χ4n) is 3.37. The molecule has 4 nitrogen and oxygen atoms in total. The Kier molecular flexibility index (Phi) is 2.56. The van der Waals surface area contributed by atoms with Crippen molar-refractivity contribution >= 4 is 11.8 Å². The van der Waals surface area contributed by atoms with Gasteiger partial charge in [-0.3, -0.25) is 4.79 Å². The second-order valence-corrected chi connectivity index (χ2v) is 6.50. The second kappa shape index (κ2) is 4.21. The molecule has 2 aliphatic carbocycles. The molecule has 0 bridgehead atoms. The number of carboxylic acids is 1. The molecule has 0 spiro atoms. The van der Waals surface area contributed by atoms with Gasteiger partial charge in [0.25, 0.3) is 0 Å². The summed E-state index contributed by atoms with van der Waals surface area (Å²) in [7, 11) is 0. The first-order valence-corrected chi connectivity index (χ1v) is 7.69. The molecule has 2 saturated carbocycles. The molecule has 2 heterocycles. The van der Waals surface area contributed by atoms with Crippen LogP contribution in [0.2, 0.25) is 0 Å². The number of carbonyl (C=O) groups is 1. The predicted octanol–water partition coefficient (Wildman–Crippen LogP) is 2.68. The van der Waals surface area contributed by atoms with Gasteiger partial charge in [0.05, 0.1) is 5.41 Å². The molecule has 0 aromatic carbocycles. The summed E-state index contributed by atoms with van der Waals surface area (Å²) in [5.41, 5.74) is 1.59. The molecule has 1 aromatic heterocycles. The van der Waals surface area contributed by atoms with Crippen LogP contribution < -0.4 is 4.90 Å². The van der Waals surface area contributed by atoms with E-state index in [9.17, 15) is 9.90 Å². The standard InChI is InChI=1S/C16H20N2O2/c19-15(20)16(5-6-16)13-9-12(11-3-4-11)10-17-14(13)18-7-1-2-8-18/h9-11H,1-8H2,(H,19,20). The van der Waals surface area contributed by atoms with Crippen molar-refractivity contribution in [3.63, 3.8) is 0 Å². The average molecular weight is 272 g/mol. The van der Waals surface area contributed by atoms with E-state index < -0.39 is 11.4 Å². The minimum absolute atomic E-state index is 0.624.